The number of aryl methyl sites for hydroxylation is 2. The van der Waals surface area contributed by atoms with Crippen LogP contribution in [-0.2, 0) is 0 Å². The molecule has 112 valence electrons. The zero-order chi connectivity index (χ0) is 15.4. The Kier molecular flexibility index (Phi) is 5.27. The SMILES string of the molecule is Cc1ccc(N(C)CCC(O)c2cccc(Cl)c2)c(C)c1. The smallest absolute Gasteiger partial charge is 0.0807 e. The lowest BCUT2D eigenvalue weighted by molar-refractivity contribution is 0.170. The van der Waals surface area contributed by atoms with E-state index in [1.807, 2.05) is 24.3 Å². The van der Waals surface area contributed by atoms with Crippen LogP contribution in [0, 0.1) is 13.8 Å². The van der Waals surface area contributed by atoms with Crippen molar-refractivity contribution >= 4 is 17.3 Å². The molecule has 21 heavy (non-hydrogen) atoms. The molecule has 0 fully saturated rings. The zero-order valence-corrected chi connectivity index (χ0v) is 13.6. The topological polar surface area (TPSA) is 23.5 Å². The molecule has 2 nitrogen and oxygen atoms in total. The van der Waals surface area contributed by atoms with Crippen molar-refractivity contribution in [2.24, 2.45) is 0 Å². The average Bonchev–Trinajstić information content (AvgIpc) is 2.44. The third-order valence-corrected chi connectivity index (χ3v) is 3.97. The maximum atomic E-state index is 10.3. The summed E-state index contributed by atoms with van der Waals surface area (Å²) in [6, 6.07) is 13.9. The number of rotatable bonds is 5. The van der Waals surface area contributed by atoms with Crippen LogP contribution in [0.4, 0.5) is 5.69 Å². The average molecular weight is 304 g/mol. The second kappa shape index (κ2) is 6.97. The van der Waals surface area contributed by atoms with Gasteiger partial charge in [0.05, 0.1) is 6.10 Å². The molecule has 0 aliphatic carbocycles. The zero-order valence-electron chi connectivity index (χ0n) is 12.8. The number of halogens is 1. The summed E-state index contributed by atoms with van der Waals surface area (Å²) in [4.78, 5) is 2.18. The van der Waals surface area contributed by atoms with Crippen LogP contribution in [0.1, 0.15) is 29.2 Å². The molecule has 0 bridgehead atoms. The van der Waals surface area contributed by atoms with Crippen LogP contribution in [-0.4, -0.2) is 18.7 Å². The van der Waals surface area contributed by atoms with Gasteiger partial charge in [-0.25, -0.2) is 0 Å². The fraction of sp³-hybridized carbons (Fsp3) is 0.333. The molecule has 0 aliphatic rings. The summed E-state index contributed by atoms with van der Waals surface area (Å²) < 4.78 is 0. The normalized spacial score (nSPS) is 12.2. The molecule has 0 saturated heterocycles. The Morgan fingerprint density at radius 2 is 1.90 bits per heavy atom. The van der Waals surface area contributed by atoms with Crippen molar-refractivity contribution in [3.63, 3.8) is 0 Å². The van der Waals surface area contributed by atoms with Crippen molar-refractivity contribution in [3.8, 4) is 0 Å². The van der Waals surface area contributed by atoms with E-state index in [1.165, 1.54) is 16.8 Å². The molecule has 1 unspecified atom stereocenters. The van der Waals surface area contributed by atoms with Crippen LogP contribution in [0.25, 0.3) is 0 Å². The Morgan fingerprint density at radius 3 is 2.57 bits per heavy atom. The highest BCUT2D eigenvalue weighted by atomic mass is 35.5. The van der Waals surface area contributed by atoms with Crippen molar-refractivity contribution in [2.75, 3.05) is 18.5 Å². The maximum Gasteiger partial charge on any atom is 0.0807 e. The summed E-state index contributed by atoms with van der Waals surface area (Å²) in [6.45, 7) is 5.00. The van der Waals surface area contributed by atoms with Gasteiger partial charge in [-0.15, -0.1) is 0 Å². The van der Waals surface area contributed by atoms with Gasteiger partial charge < -0.3 is 10.0 Å². The number of hydrogen-bond donors (Lipinski definition) is 1. The highest BCUT2D eigenvalue weighted by Gasteiger charge is 2.11. The van der Waals surface area contributed by atoms with E-state index in [0.29, 0.717) is 11.4 Å². The molecule has 1 atom stereocenters. The van der Waals surface area contributed by atoms with Crippen molar-refractivity contribution < 1.29 is 5.11 Å². The second-order valence-corrected chi connectivity index (χ2v) is 6.01. The second-order valence-electron chi connectivity index (χ2n) is 5.57. The summed E-state index contributed by atoms with van der Waals surface area (Å²) in [7, 11) is 2.06. The molecular formula is C18H22ClNO. The highest BCUT2D eigenvalue weighted by Crippen LogP contribution is 2.23. The molecule has 3 heteroatoms. The fourth-order valence-corrected chi connectivity index (χ4v) is 2.75. The van der Waals surface area contributed by atoms with E-state index in [-0.39, 0.29) is 0 Å². The van der Waals surface area contributed by atoms with E-state index < -0.39 is 6.10 Å². The molecule has 0 aliphatic heterocycles. The Bertz CT molecular complexity index is 612. The molecule has 2 aromatic rings. The van der Waals surface area contributed by atoms with Gasteiger partial charge in [-0.1, -0.05) is 41.4 Å². The van der Waals surface area contributed by atoms with E-state index in [2.05, 4.69) is 44.0 Å². The van der Waals surface area contributed by atoms with Gasteiger partial charge in [-0.05, 0) is 49.6 Å². The Morgan fingerprint density at radius 1 is 1.14 bits per heavy atom. The monoisotopic (exact) mass is 303 g/mol. The molecule has 0 spiro atoms. The van der Waals surface area contributed by atoms with E-state index in [9.17, 15) is 5.11 Å². The first-order valence-electron chi connectivity index (χ1n) is 7.19. The van der Waals surface area contributed by atoms with E-state index in [1.54, 1.807) is 0 Å². The number of nitrogens with zero attached hydrogens (tertiary/aromatic N) is 1. The Labute approximate surface area is 132 Å². The third kappa shape index (κ3) is 4.23. The van der Waals surface area contributed by atoms with Crippen molar-refractivity contribution in [1.82, 2.24) is 0 Å². The molecule has 2 aromatic carbocycles. The maximum absolute atomic E-state index is 10.3. The quantitative estimate of drug-likeness (QED) is 0.878. The lowest BCUT2D eigenvalue weighted by Crippen LogP contribution is -2.21. The minimum atomic E-state index is -0.489. The van der Waals surface area contributed by atoms with Crippen LogP contribution in [0.3, 0.4) is 0 Å². The molecule has 1 N–H and O–H groups in total. The number of benzene rings is 2. The Hall–Kier alpha value is -1.51. The molecule has 0 radical (unpaired) electrons. The van der Waals surface area contributed by atoms with Crippen LogP contribution in [0.2, 0.25) is 5.02 Å². The van der Waals surface area contributed by atoms with Crippen LogP contribution in [0.15, 0.2) is 42.5 Å². The number of anilines is 1. The molecule has 0 heterocycles. The van der Waals surface area contributed by atoms with Gasteiger partial charge in [0.1, 0.15) is 0 Å². The van der Waals surface area contributed by atoms with E-state index in [0.717, 1.165) is 12.1 Å². The highest BCUT2D eigenvalue weighted by molar-refractivity contribution is 6.30. The lowest BCUT2D eigenvalue weighted by atomic mass is 10.1. The summed E-state index contributed by atoms with van der Waals surface area (Å²) in [5, 5.41) is 10.9. The van der Waals surface area contributed by atoms with Gasteiger partial charge in [0.2, 0.25) is 0 Å². The first-order valence-corrected chi connectivity index (χ1v) is 7.57. The van der Waals surface area contributed by atoms with Crippen molar-refractivity contribution in [2.45, 2.75) is 26.4 Å². The molecule has 0 amide bonds. The molecule has 0 saturated carbocycles. The summed E-state index contributed by atoms with van der Waals surface area (Å²) in [6.07, 6.45) is 0.182. The summed E-state index contributed by atoms with van der Waals surface area (Å²) in [5.74, 6) is 0. The van der Waals surface area contributed by atoms with Gasteiger partial charge in [-0.2, -0.15) is 0 Å². The van der Waals surface area contributed by atoms with Gasteiger partial charge >= 0.3 is 0 Å². The largest absolute Gasteiger partial charge is 0.388 e. The van der Waals surface area contributed by atoms with Gasteiger partial charge in [0.15, 0.2) is 0 Å². The predicted octanol–water partition coefficient (Wildman–Crippen LogP) is 4.52. The van der Waals surface area contributed by atoms with Crippen LogP contribution >= 0.6 is 11.6 Å². The lowest BCUT2D eigenvalue weighted by Gasteiger charge is -2.23. The molecular weight excluding hydrogens is 282 g/mol. The standard InChI is InChI=1S/C18H22ClNO/c1-13-7-8-17(14(2)11-13)20(3)10-9-18(21)15-5-4-6-16(19)12-15/h4-8,11-12,18,21H,9-10H2,1-3H3. The van der Waals surface area contributed by atoms with Gasteiger partial charge in [0, 0.05) is 24.3 Å². The first kappa shape index (κ1) is 15.9. The number of aliphatic hydroxyl groups excluding tert-OH is 1. The van der Waals surface area contributed by atoms with Crippen molar-refractivity contribution in [3.05, 3.63) is 64.2 Å². The van der Waals surface area contributed by atoms with Crippen molar-refractivity contribution in [1.29, 1.82) is 0 Å². The minimum Gasteiger partial charge on any atom is -0.388 e. The fourth-order valence-electron chi connectivity index (χ4n) is 2.55. The third-order valence-electron chi connectivity index (χ3n) is 3.73. The minimum absolute atomic E-state index is 0.489. The number of aliphatic hydroxyl groups is 1. The predicted molar refractivity (Wildman–Crippen MR) is 90.2 cm³/mol. The van der Waals surface area contributed by atoms with Crippen LogP contribution in [0.5, 0.6) is 0 Å². The molecule has 2 rings (SSSR count). The number of hydrogen-bond acceptors (Lipinski definition) is 2. The first-order chi connectivity index (χ1) is 9.97. The van der Waals surface area contributed by atoms with E-state index >= 15 is 0 Å². The summed E-state index contributed by atoms with van der Waals surface area (Å²) in [5.41, 5.74) is 4.61. The van der Waals surface area contributed by atoms with E-state index in [4.69, 9.17) is 11.6 Å². The summed E-state index contributed by atoms with van der Waals surface area (Å²) >= 11 is 5.96. The Balaban J connectivity index is 1.99. The molecule has 0 aromatic heterocycles. The van der Waals surface area contributed by atoms with Gasteiger partial charge in [0.25, 0.3) is 0 Å². The van der Waals surface area contributed by atoms with Gasteiger partial charge in [-0.3, -0.25) is 0 Å². The van der Waals surface area contributed by atoms with Crippen LogP contribution < -0.4 is 4.90 Å².